The van der Waals surface area contributed by atoms with Crippen molar-refractivity contribution in [2.45, 2.75) is 20.8 Å². The normalized spacial score (nSPS) is 10.7. The lowest BCUT2D eigenvalue weighted by atomic mass is 10.1. The number of methoxy groups -OCH3 is 1. The van der Waals surface area contributed by atoms with E-state index in [4.69, 9.17) is 16.3 Å². The average molecular weight is 426 g/mol. The van der Waals surface area contributed by atoms with E-state index in [1.807, 2.05) is 55.9 Å². The van der Waals surface area contributed by atoms with E-state index in [1.54, 1.807) is 24.3 Å². The van der Waals surface area contributed by atoms with Gasteiger partial charge < -0.3 is 19.9 Å². The molecule has 0 bridgehead atoms. The molecule has 2 amide bonds. The summed E-state index contributed by atoms with van der Waals surface area (Å²) >= 11 is 6.44. The topological polar surface area (TPSA) is 72.4 Å². The van der Waals surface area contributed by atoms with E-state index in [0.29, 0.717) is 33.4 Å². The molecule has 7 heteroatoms. The lowest BCUT2D eigenvalue weighted by molar-refractivity contribution is -0.118. The van der Waals surface area contributed by atoms with Crippen molar-refractivity contribution in [1.82, 2.24) is 4.57 Å². The SMILES string of the molecule is COc1cc(-n2cccc2)c(Cl)cc1C(=O)Nc1cc(NC(=O)C(C)C)ccc1C. The zero-order valence-electron chi connectivity index (χ0n) is 17.3. The summed E-state index contributed by atoms with van der Waals surface area (Å²) in [6.45, 7) is 5.52. The number of hydrogen-bond donors (Lipinski definition) is 2. The highest BCUT2D eigenvalue weighted by atomic mass is 35.5. The number of benzene rings is 2. The summed E-state index contributed by atoms with van der Waals surface area (Å²) in [5, 5.41) is 6.15. The Balaban J connectivity index is 1.89. The van der Waals surface area contributed by atoms with Gasteiger partial charge in [-0.25, -0.2) is 0 Å². The molecular weight excluding hydrogens is 402 g/mol. The van der Waals surface area contributed by atoms with Gasteiger partial charge in [-0.05, 0) is 42.8 Å². The fourth-order valence-corrected chi connectivity index (χ4v) is 3.15. The molecule has 0 radical (unpaired) electrons. The van der Waals surface area contributed by atoms with Gasteiger partial charge >= 0.3 is 0 Å². The van der Waals surface area contributed by atoms with Crippen LogP contribution in [0.1, 0.15) is 29.8 Å². The largest absolute Gasteiger partial charge is 0.496 e. The van der Waals surface area contributed by atoms with Gasteiger partial charge in [-0.15, -0.1) is 0 Å². The van der Waals surface area contributed by atoms with Gasteiger partial charge in [-0.2, -0.15) is 0 Å². The second kappa shape index (κ2) is 9.05. The maximum Gasteiger partial charge on any atom is 0.259 e. The maximum atomic E-state index is 13.0. The highest BCUT2D eigenvalue weighted by Crippen LogP contribution is 2.31. The smallest absolute Gasteiger partial charge is 0.259 e. The Hall–Kier alpha value is -3.25. The second-order valence-electron chi connectivity index (χ2n) is 7.22. The standard InChI is InChI=1S/C23H24ClN3O3/c1-14(2)22(28)25-16-8-7-15(3)19(11-16)26-23(29)17-12-18(24)20(13-21(17)30-4)27-9-5-6-10-27/h5-14H,1-4H3,(H,25,28)(H,26,29). The van der Waals surface area contributed by atoms with Crippen LogP contribution in [0.3, 0.4) is 0 Å². The van der Waals surface area contributed by atoms with Gasteiger partial charge in [-0.3, -0.25) is 9.59 Å². The van der Waals surface area contributed by atoms with Crippen molar-refractivity contribution in [2.24, 2.45) is 5.92 Å². The number of rotatable bonds is 6. The summed E-state index contributed by atoms with van der Waals surface area (Å²) < 4.78 is 7.29. The summed E-state index contributed by atoms with van der Waals surface area (Å²) in [6, 6.07) is 12.5. The van der Waals surface area contributed by atoms with E-state index >= 15 is 0 Å². The van der Waals surface area contributed by atoms with Crippen LogP contribution >= 0.6 is 11.6 Å². The Morgan fingerprint density at radius 3 is 2.40 bits per heavy atom. The number of aromatic nitrogens is 1. The number of carbonyl (C=O) groups excluding carboxylic acids is 2. The minimum Gasteiger partial charge on any atom is -0.496 e. The Bertz CT molecular complexity index is 1080. The van der Waals surface area contributed by atoms with Gasteiger partial charge in [0.15, 0.2) is 0 Å². The third kappa shape index (κ3) is 4.66. The minimum atomic E-state index is -0.358. The molecule has 30 heavy (non-hydrogen) atoms. The number of halogens is 1. The number of ether oxygens (including phenoxy) is 1. The predicted octanol–water partition coefficient (Wildman–Crippen LogP) is 5.29. The van der Waals surface area contributed by atoms with Gasteiger partial charge in [0, 0.05) is 35.8 Å². The zero-order chi connectivity index (χ0) is 21.8. The van der Waals surface area contributed by atoms with Crippen molar-refractivity contribution in [3.8, 4) is 11.4 Å². The van der Waals surface area contributed by atoms with Gasteiger partial charge in [-0.1, -0.05) is 31.5 Å². The van der Waals surface area contributed by atoms with Gasteiger partial charge in [0.05, 0.1) is 23.4 Å². The summed E-state index contributed by atoms with van der Waals surface area (Å²) in [5.74, 6) is -0.189. The predicted molar refractivity (Wildman–Crippen MR) is 120 cm³/mol. The van der Waals surface area contributed by atoms with Gasteiger partial charge in [0.25, 0.3) is 5.91 Å². The summed E-state index contributed by atoms with van der Waals surface area (Å²) in [7, 11) is 1.51. The molecule has 2 aromatic carbocycles. The van der Waals surface area contributed by atoms with Crippen LogP contribution in [-0.4, -0.2) is 23.5 Å². The van der Waals surface area contributed by atoms with Crippen molar-refractivity contribution in [3.63, 3.8) is 0 Å². The molecule has 6 nitrogen and oxygen atoms in total. The molecule has 0 aliphatic carbocycles. The summed E-state index contributed by atoms with van der Waals surface area (Å²) in [5.41, 5.74) is 3.09. The Labute approximate surface area is 180 Å². The number of nitrogens with zero attached hydrogens (tertiary/aromatic N) is 1. The van der Waals surface area contributed by atoms with E-state index in [1.165, 1.54) is 7.11 Å². The number of anilines is 2. The molecule has 1 aromatic heterocycles. The quantitative estimate of drug-likeness (QED) is 0.563. The number of amides is 2. The Morgan fingerprint density at radius 2 is 1.77 bits per heavy atom. The average Bonchev–Trinajstić information content (AvgIpc) is 3.24. The van der Waals surface area contributed by atoms with E-state index in [0.717, 1.165) is 5.56 Å². The molecule has 3 rings (SSSR count). The third-order valence-corrected chi connectivity index (χ3v) is 4.98. The van der Waals surface area contributed by atoms with Crippen molar-refractivity contribution >= 4 is 34.8 Å². The third-order valence-electron chi connectivity index (χ3n) is 4.67. The molecule has 0 spiro atoms. The molecule has 3 aromatic rings. The first-order valence-electron chi connectivity index (χ1n) is 9.54. The molecule has 0 aliphatic rings. The number of carbonyl (C=O) groups is 2. The number of aryl methyl sites for hydroxylation is 1. The zero-order valence-corrected chi connectivity index (χ0v) is 18.1. The second-order valence-corrected chi connectivity index (χ2v) is 7.63. The molecule has 156 valence electrons. The number of nitrogens with one attached hydrogen (secondary N) is 2. The van der Waals surface area contributed by atoms with Crippen LogP contribution in [0.25, 0.3) is 5.69 Å². The van der Waals surface area contributed by atoms with Crippen LogP contribution in [0.2, 0.25) is 5.02 Å². The highest BCUT2D eigenvalue weighted by Gasteiger charge is 2.18. The molecule has 0 unspecified atom stereocenters. The first kappa shape index (κ1) is 21.5. The van der Waals surface area contributed by atoms with Crippen LogP contribution in [0.15, 0.2) is 54.9 Å². The number of hydrogen-bond acceptors (Lipinski definition) is 3. The fourth-order valence-electron chi connectivity index (χ4n) is 2.89. The van der Waals surface area contributed by atoms with E-state index in [9.17, 15) is 9.59 Å². The van der Waals surface area contributed by atoms with Crippen LogP contribution < -0.4 is 15.4 Å². The first-order valence-corrected chi connectivity index (χ1v) is 9.91. The monoisotopic (exact) mass is 425 g/mol. The molecule has 0 atom stereocenters. The molecular formula is C23H24ClN3O3. The molecule has 0 fully saturated rings. The maximum absolute atomic E-state index is 13.0. The van der Waals surface area contributed by atoms with Crippen LogP contribution in [0.5, 0.6) is 5.75 Å². The Kier molecular flexibility index (Phi) is 6.47. The highest BCUT2D eigenvalue weighted by molar-refractivity contribution is 6.33. The van der Waals surface area contributed by atoms with Crippen LogP contribution in [0, 0.1) is 12.8 Å². The lowest BCUT2D eigenvalue weighted by Crippen LogP contribution is -2.18. The lowest BCUT2D eigenvalue weighted by Gasteiger charge is -2.15. The van der Waals surface area contributed by atoms with Crippen molar-refractivity contribution in [1.29, 1.82) is 0 Å². The molecule has 0 saturated heterocycles. The van der Waals surface area contributed by atoms with E-state index in [2.05, 4.69) is 10.6 Å². The molecule has 1 heterocycles. The van der Waals surface area contributed by atoms with Crippen molar-refractivity contribution in [3.05, 3.63) is 71.0 Å². The minimum absolute atomic E-state index is 0.0924. The van der Waals surface area contributed by atoms with Crippen LogP contribution in [-0.2, 0) is 4.79 Å². The van der Waals surface area contributed by atoms with Crippen LogP contribution in [0.4, 0.5) is 11.4 Å². The first-order chi connectivity index (χ1) is 14.3. The van der Waals surface area contributed by atoms with Crippen molar-refractivity contribution in [2.75, 3.05) is 17.7 Å². The fraction of sp³-hybridized carbons (Fsp3) is 0.217. The Morgan fingerprint density at radius 1 is 1.07 bits per heavy atom. The molecule has 0 aliphatic heterocycles. The summed E-state index contributed by atoms with van der Waals surface area (Å²) in [4.78, 5) is 25.0. The van der Waals surface area contributed by atoms with E-state index < -0.39 is 0 Å². The van der Waals surface area contributed by atoms with Crippen molar-refractivity contribution < 1.29 is 14.3 Å². The molecule has 0 saturated carbocycles. The van der Waals surface area contributed by atoms with Gasteiger partial charge in [0.2, 0.25) is 5.91 Å². The van der Waals surface area contributed by atoms with E-state index in [-0.39, 0.29) is 17.7 Å². The van der Waals surface area contributed by atoms with Gasteiger partial charge in [0.1, 0.15) is 5.75 Å². The summed E-state index contributed by atoms with van der Waals surface area (Å²) in [6.07, 6.45) is 3.72. The molecule has 2 N–H and O–H groups in total.